The molecule has 1 saturated heterocycles. The van der Waals surface area contributed by atoms with Crippen LogP contribution in [0.5, 0.6) is 0 Å². The standard InChI is InChI=1S/C18H24Cl2F3N5O/c19-12-15(11-18(21,22)23)25-28(6-5-24)13-17(29)27-9-7-26(8-10-27)16-3-1-14(20)2-4-16/h1-4H,5-13,24H2/b25-15-. The van der Waals surface area contributed by atoms with Gasteiger partial charge in [0.2, 0.25) is 5.91 Å². The van der Waals surface area contributed by atoms with Crippen molar-refractivity contribution in [3.05, 3.63) is 29.3 Å². The predicted octanol–water partition coefficient (Wildman–Crippen LogP) is 2.80. The van der Waals surface area contributed by atoms with Gasteiger partial charge in [0, 0.05) is 50.0 Å². The van der Waals surface area contributed by atoms with Crippen molar-refractivity contribution in [1.29, 1.82) is 0 Å². The first-order chi connectivity index (χ1) is 13.7. The van der Waals surface area contributed by atoms with Gasteiger partial charge in [0.15, 0.2) is 0 Å². The molecule has 162 valence electrons. The Bertz CT molecular complexity index is 692. The molecule has 6 nitrogen and oxygen atoms in total. The van der Waals surface area contributed by atoms with Gasteiger partial charge in [0.1, 0.15) is 6.54 Å². The van der Waals surface area contributed by atoms with Crippen molar-refractivity contribution in [2.75, 3.05) is 56.6 Å². The number of halogens is 5. The molecular formula is C18H24Cl2F3N5O. The van der Waals surface area contributed by atoms with Gasteiger partial charge in [-0.1, -0.05) is 11.6 Å². The van der Waals surface area contributed by atoms with Crippen LogP contribution in [0.4, 0.5) is 18.9 Å². The fourth-order valence-corrected chi connectivity index (χ4v) is 3.25. The summed E-state index contributed by atoms with van der Waals surface area (Å²) in [6.07, 6.45) is -5.63. The van der Waals surface area contributed by atoms with E-state index < -0.39 is 12.6 Å². The van der Waals surface area contributed by atoms with Crippen molar-refractivity contribution in [3.8, 4) is 0 Å². The number of hydrogen-bond donors (Lipinski definition) is 1. The molecule has 29 heavy (non-hydrogen) atoms. The number of hydrogen-bond acceptors (Lipinski definition) is 5. The highest BCUT2D eigenvalue weighted by atomic mass is 35.5. The smallest absolute Gasteiger partial charge is 0.368 e. The SMILES string of the molecule is NCCN(CC(=O)N1CCN(c2ccc(Cl)cc2)CC1)/N=C(\CCl)CC(F)(F)F. The Morgan fingerprint density at radius 2 is 1.79 bits per heavy atom. The van der Waals surface area contributed by atoms with E-state index in [1.165, 1.54) is 5.01 Å². The minimum absolute atomic E-state index is 0.142. The fourth-order valence-electron chi connectivity index (χ4n) is 2.98. The molecule has 0 spiro atoms. The van der Waals surface area contributed by atoms with E-state index in [1.54, 1.807) is 4.90 Å². The number of rotatable bonds is 8. The summed E-state index contributed by atoms with van der Waals surface area (Å²) in [6, 6.07) is 7.47. The number of hydrazone groups is 1. The number of alkyl halides is 4. The number of amides is 1. The van der Waals surface area contributed by atoms with Gasteiger partial charge in [-0.15, -0.1) is 11.6 Å². The molecule has 1 aliphatic heterocycles. The monoisotopic (exact) mass is 453 g/mol. The molecule has 11 heteroatoms. The van der Waals surface area contributed by atoms with E-state index in [0.29, 0.717) is 31.2 Å². The molecule has 1 aromatic carbocycles. The molecule has 1 amide bonds. The van der Waals surface area contributed by atoms with Gasteiger partial charge in [-0.2, -0.15) is 18.3 Å². The first-order valence-corrected chi connectivity index (χ1v) is 10.1. The second-order valence-electron chi connectivity index (χ2n) is 6.61. The fraction of sp³-hybridized carbons (Fsp3) is 0.556. The zero-order valence-electron chi connectivity index (χ0n) is 15.8. The highest BCUT2D eigenvalue weighted by Gasteiger charge is 2.30. The number of carbonyl (C=O) groups excluding carboxylic acids is 1. The normalized spacial score (nSPS) is 15.6. The van der Waals surface area contributed by atoms with Gasteiger partial charge >= 0.3 is 6.18 Å². The molecule has 1 aliphatic rings. The lowest BCUT2D eigenvalue weighted by Crippen LogP contribution is -2.51. The van der Waals surface area contributed by atoms with E-state index in [1.807, 2.05) is 24.3 Å². The van der Waals surface area contributed by atoms with E-state index in [-0.39, 0.29) is 37.1 Å². The van der Waals surface area contributed by atoms with Crippen molar-refractivity contribution in [2.45, 2.75) is 12.6 Å². The summed E-state index contributed by atoms with van der Waals surface area (Å²) < 4.78 is 37.8. The second kappa shape index (κ2) is 10.9. The summed E-state index contributed by atoms with van der Waals surface area (Å²) in [5.41, 5.74) is 6.29. The molecule has 0 bridgehead atoms. The minimum atomic E-state index is -4.41. The Morgan fingerprint density at radius 3 is 2.31 bits per heavy atom. The maximum Gasteiger partial charge on any atom is 0.394 e. The molecule has 1 fully saturated rings. The van der Waals surface area contributed by atoms with Gasteiger partial charge in [0.25, 0.3) is 0 Å². The molecule has 0 aliphatic carbocycles. The van der Waals surface area contributed by atoms with Crippen molar-refractivity contribution in [2.24, 2.45) is 10.8 Å². The average Bonchev–Trinajstić information content (AvgIpc) is 2.67. The molecule has 0 atom stereocenters. The summed E-state index contributed by atoms with van der Waals surface area (Å²) in [7, 11) is 0. The van der Waals surface area contributed by atoms with Crippen LogP contribution in [0, 0.1) is 0 Å². The lowest BCUT2D eigenvalue weighted by atomic mass is 10.2. The molecule has 0 saturated carbocycles. The highest BCUT2D eigenvalue weighted by Crippen LogP contribution is 2.21. The largest absolute Gasteiger partial charge is 0.394 e. The topological polar surface area (TPSA) is 65.2 Å². The van der Waals surface area contributed by atoms with Gasteiger partial charge in [-0.05, 0) is 24.3 Å². The lowest BCUT2D eigenvalue weighted by molar-refractivity contribution is -0.132. The summed E-state index contributed by atoms with van der Waals surface area (Å²) in [5.74, 6) is -0.576. The number of nitrogens with two attached hydrogens (primary N) is 1. The molecular weight excluding hydrogens is 430 g/mol. The number of piperazine rings is 1. The third-order valence-corrected chi connectivity index (χ3v) is 4.93. The van der Waals surface area contributed by atoms with Crippen LogP contribution < -0.4 is 10.6 Å². The first kappa shape index (κ1) is 23.6. The lowest BCUT2D eigenvalue weighted by Gasteiger charge is -2.36. The summed E-state index contributed by atoms with van der Waals surface area (Å²) >= 11 is 11.5. The van der Waals surface area contributed by atoms with Crippen LogP contribution in [0.2, 0.25) is 5.02 Å². The van der Waals surface area contributed by atoms with Crippen molar-refractivity contribution < 1.29 is 18.0 Å². The third-order valence-electron chi connectivity index (χ3n) is 4.37. The maximum atomic E-state index is 12.6. The van der Waals surface area contributed by atoms with E-state index in [2.05, 4.69) is 10.0 Å². The zero-order valence-corrected chi connectivity index (χ0v) is 17.3. The summed E-state index contributed by atoms with van der Waals surface area (Å²) in [4.78, 5) is 16.4. The molecule has 0 radical (unpaired) electrons. The summed E-state index contributed by atoms with van der Waals surface area (Å²) in [5, 5.41) is 5.84. The number of benzene rings is 1. The van der Waals surface area contributed by atoms with Gasteiger partial charge in [-0.3, -0.25) is 9.80 Å². The maximum absolute atomic E-state index is 12.6. The molecule has 0 unspecified atom stereocenters. The van der Waals surface area contributed by atoms with Crippen LogP contribution in [-0.4, -0.2) is 79.4 Å². The first-order valence-electron chi connectivity index (χ1n) is 9.14. The molecule has 2 N–H and O–H groups in total. The second-order valence-corrected chi connectivity index (χ2v) is 7.32. The van der Waals surface area contributed by atoms with Crippen LogP contribution >= 0.6 is 23.2 Å². The van der Waals surface area contributed by atoms with Gasteiger partial charge < -0.3 is 15.5 Å². The zero-order chi connectivity index (χ0) is 21.4. The Labute approximate surface area is 178 Å². The van der Waals surface area contributed by atoms with E-state index >= 15 is 0 Å². The van der Waals surface area contributed by atoms with Gasteiger partial charge in [-0.25, -0.2) is 0 Å². The van der Waals surface area contributed by atoms with E-state index in [4.69, 9.17) is 28.9 Å². The van der Waals surface area contributed by atoms with Crippen molar-refractivity contribution >= 4 is 40.5 Å². The van der Waals surface area contributed by atoms with Crippen LogP contribution in [0.1, 0.15) is 6.42 Å². The molecule has 1 aromatic rings. The predicted molar refractivity (Wildman–Crippen MR) is 110 cm³/mol. The van der Waals surface area contributed by atoms with Crippen LogP contribution in [0.15, 0.2) is 29.4 Å². The van der Waals surface area contributed by atoms with Crippen LogP contribution in [0.3, 0.4) is 0 Å². The van der Waals surface area contributed by atoms with Gasteiger partial charge in [0.05, 0.1) is 18.0 Å². The Morgan fingerprint density at radius 1 is 1.17 bits per heavy atom. The Kier molecular flexibility index (Phi) is 8.85. The third kappa shape index (κ3) is 7.91. The van der Waals surface area contributed by atoms with E-state index in [0.717, 1.165) is 5.69 Å². The van der Waals surface area contributed by atoms with E-state index in [9.17, 15) is 18.0 Å². The molecule has 0 aromatic heterocycles. The number of nitrogens with zero attached hydrogens (tertiary/aromatic N) is 4. The average molecular weight is 454 g/mol. The van der Waals surface area contributed by atoms with Crippen molar-refractivity contribution in [1.82, 2.24) is 9.91 Å². The van der Waals surface area contributed by atoms with Crippen LogP contribution in [0.25, 0.3) is 0 Å². The Balaban J connectivity index is 1.93. The summed E-state index contributed by atoms with van der Waals surface area (Å²) in [6.45, 7) is 2.48. The minimum Gasteiger partial charge on any atom is -0.368 e. The number of anilines is 1. The molecule has 2 rings (SSSR count). The van der Waals surface area contributed by atoms with Crippen molar-refractivity contribution in [3.63, 3.8) is 0 Å². The highest BCUT2D eigenvalue weighted by molar-refractivity contribution is 6.30. The Hall–Kier alpha value is -1.71. The van der Waals surface area contributed by atoms with Crippen LogP contribution in [-0.2, 0) is 4.79 Å². The quantitative estimate of drug-likeness (QED) is 0.373. The number of carbonyl (C=O) groups is 1. The molecule has 1 heterocycles.